The van der Waals surface area contributed by atoms with Crippen LogP contribution in [0.4, 0.5) is 22.7 Å². The average Bonchev–Trinajstić information content (AvgIpc) is 3.61. The topological polar surface area (TPSA) is 192 Å². The Morgan fingerprint density at radius 3 is 1.61 bits per heavy atom. The van der Waals surface area contributed by atoms with Crippen molar-refractivity contribution in [3.05, 3.63) is 109 Å². The minimum atomic E-state index is -4.08. The summed E-state index contributed by atoms with van der Waals surface area (Å²) in [5, 5.41) is 15.3. The lowest BCUT2D eigenvalue weighted by molar-refractivity contribution is -0.138. The lowest BCUT2D eigenvalue weighted by Crippen LogP contribution is -2.46. The van der Waals surface area contributed by atoms with Crippen LogP contribution < -0.4 is 20.7 Å². The maximum absolute atomic E-state index is 13.3. The summed E-state index contributed by atoms with van der Waals surface area (Å²) in [6, 6.07) is 25.5. The molecule has 2 atom stereocenters. The molecule has 0 radical (unpaired) electrons. The summed E-state index contributed by atoms with van der Waals surface area (Å²) in [7, 11) is -4.08. The monoisotopic (exact) mass is 704 g/mol. The zero-order valence-electron chi connectivity index (χ0n) is 27.0. The van der Waals surface area contributed by atoms with Crippen molar-refractivity contribution in [3.8, 4) is 0 Å². The number of nitrogens with one attached hydrogen (secondary N) is 2. The Balaban J connectivity index is 1.08. The van der Waals surface area contributed by atoms with Crippen LogP contribution in [0.1, 0.15) is 13.8 Å². The number of rotatable bonds is 10. The molecule has 0 unspecified atom stereocenters. The fraction of sp³-hybridized carbons (Fsp3) is 0.111. The van der Waals surface area contributed by atoms with Gasteiger partial charge < -0.3 is 10.6 Å². The number of para-hydroxylation sites is 2. The van der Waals surface area contributed by atoms with Crippen molar-refractivity contribution in [2.24, 2.45) is 16.1 Å². The molecule has 0 spiro atoms. The Morgan fingerprint density at radius 2 is 1.10 bits per heavy atom. The second kappa shape index (κ2) is 13.7. The van der Waals surface area contributed by atoms with Crippen LogP contribution in [0.25, 0.3) is 0 Å². The van der Waals surface area contributed by atoms with Crippen molar-refractivity contribution >= 4 is 79.1 Å². The number of ketones is 3. The molecule has 51 heavy (non-hydrogen) atoms. The van der Waals surface area contributed by atoms with Gasteiger partial charge in [0.05, 0.1) is 26.9 Å². The van der Waals surface area contributed by atoms with E-state index < -0.39 is 56.9 Å². The third-order valence-electron chi connectivity index (χ3n) is 8.06. The molecule has 15 heteroatoms. The maximum Gasteiger partial charge on any atom is 0.294 e. The Morgan fingerprint density at radius 1 is 0.627 bits per heavy atom. The number of carbonyl (C=O) groups is 6. The fourth-order valence-corrected chi connectivity index (χ4v) is 6.69. The Hall–Kier alpha value is -6.61. The van der Waals surface area contributed by atoms with E-state index in [1.807, 2.05) is 0 Å². The van der Waals surface area contributed by atoms with Crippen LogP contribution in [-0.2, 0) is 38.6 Å². The average molecular weight is 705 g/mol. The molecule has 0 bridgehead atoms. The third kappa shape index (κ3) is 6.69. The third-order valence-corrected chi connectivity index (χ3v) is 9.85. The van der Waals surface area contributed by atoms with E-state index in [9.17, 15) is 37.2 Å². The van der Waals surface area contributed by atoms with E-state index in [1.54, 1.807) is 60.7 Å². The number of hydrazone groups is 2. The van der Waals surface area contributed by atoms with Crippen molar-refractivity contribution in [1.82, 2.24) is 0 Å². The molecule has 0 aliphatic carbocycles. The van der Waals surface area contributed by atoms with E-state index in [0.717, 1.165) is 5.01 Å². The highest BCUT2D eigenvalue weighted by Gasteiger charge is 2.44. The Labute approximate surface area is 291 Å². The second-order valence-corrected chi connectivity index (χ2v) is 13.4. The number of benzene rings is 4. The molecule has 2 heterocycles. The quantitative estimate of drug-likeness (QED) is 0.184. The lowest BCUT2D eigenvalue weighted by atomic mass is 9.98. The van der Waals surface area contributed by atoms with Crippen LogP contribution in [0.15, 0.2) is 129 Å². The number of hydrogen-bond acceptors (Lipinski definition) is 11. The van der Waals surface area contributed by atoms with Crippen LogP contribution in [0, 0.1) is 5.92 Å². The number of amides is 3. The number of hydrogen-bond donors (Lipinski definition) is 2. The normalized spacial score (nSPS) is 17.1. The van der Waals surface area contributed by atoms with Gasteiger partial charge >= 0.3 is 0 Å². The highest BCUT2D eigenvalue weighted by molar-refractivity contribution is 7.91. The number of nitrogens with zero attached hydrogens (tertiary/aromatic N) is 4. The molecule has 14 nitrogen and oxygen atoms in total. The Kier molecular flexibility index (Phi) is 9.22. The van der Waals surface area contributed by atoms with Gasteiger partial charge in [0, 0.05) is 11.4 Å². The molecule has 0 aromatic heterocycles. The van der Waals surface area contributed by atoms with Crippen molar-refractivity contribution in [1.29, 1.82) is 0 Å². The molecule has 0 saturated carbocycles. The zero-order chi connectivity index (χ0) is 36.4. The molecular formula is C36H28N6O8S. The molecule has 2 aliphatic rings. The van der Waals surface area contributed by atoms with E-state index in [1.165, 1.54) is 67.4 Å². The molecule has 6 rings (SSSR count). The summed E-state index contributed by atoms with van der Waals surface area (Å²) in [6.45, 7) is 2.92. The van der Waals surface area contributed by atoms with E-state index in [-0.39, 0.29) is 32.6 Å². The largest absolute Gasteiger partial charge is 0.319 e. The van der Waals surface area contributed by atoms with Gasteiger partial charge in [0.25, 0.3) is 23.5 Å². The zero-order valence-corrected chi connectivity index (χ0v) is 27.8. The molecule has 256 valence electrons. The first-order valence-electron chi connectivity index (χ1n) is 15.4. The molecule has 2 aliphatic heterocycles. The molecule has 4 aromatic carbocycles. The summed E-state index contributed by atoms with van der Waals surface area (Å²) in [6.07, 6.45) is 0. The number of anilines is 4. The smallest absolute Gasteiger partial charge is 0.294 e. The highest BCUT2D eigenvalue weighted by atomic mass is 32.2. The predicted octanol–water partition coefficient (Wildman–Crippen LogP) is 3.41. The molecule has 4 aromatic rings. The van der Waals surface area contributed by atoms with Gasteiger partial charge in [0.1, 0.15) is 11.6 Å². The van der Waals surface area contributed by atoms with Crippen molar-refractivity contribution < 1.29 is 37.2 Å². The summed E-state index contributed by atoms with van der Waals surface area (Å²) in [4.78, 5) is 77.1. The van der Waals surface area contributed by atoms with Gasteiger partial charge in [-0.25, -0.2) is 13.4 Å². The first-order chi connectivity index (χ1) is 24.4. The van der Waals surface area contributed by atoms with Gasteiger partial charge in [-0.05, 0) is 86.6 Å². The minimum Gasteiger partial charge on any atom is -0.319 e. The van der Waals surface area contributed by atoms with Gasteiger partial charge in [-0.2, -0.15) is 15.2 Å². The second-order valence-electron chi connectivity index (χ2n) is 11.5. The molecule has 3 amide bonds. The predicted molar refractivity (Wildman–Crippen MR) is 187 cm³/mol. The summed E-state index contributed by atoms with van der Waals surface area (Å²) in [5.74, 6) is -6.89. The maximum atomic E-state index is 13.3. The van der Waals surface area contributed by atoms with Gasteiger partial charge in [-0.15, -0.1) is 0 Å². The summed E-state index contributed by atoms with van der Waals surface area (Å²) < 4.78 is 26.7. The van der Waals surface area contributed by atoms with Crippen LogP contribution >= 0.6 is 0 Å². The lowest BCUT2D eigenvalue weighted by Gasteiger charge is -2.20. The van der Waals surface area contributed by atoms with Crippen LogP contribution in [0.3, 0.4) is 0 Å². The fourth-order valence-electron chi connectivity index (χ4n) is 5.43. The number of Topliss-reactive ketones (excluding diaryl/α,β-unsaturated/α-hetero) is 3. The van der Waals surface area contributed by atoms with Crippen LogP contribution in [0.5, 0.6) is 0 Å². The van der Waals surface area contributed by atoms with Crippen molar-refractivity contribution in [2.75, 3.05) is 20.7 Å². The van der Waals surface area contributed by atoms with Gasteiger partial charge in [0.2, 0.25) is 21.4 Å². The van der Waals surface area contributed by atoms with E-state index in [2.05, 4.69) is 20.8 Å². The number of carbonyl (C=O) groups excluding carboxylic acids is 6. The van der Waals surface area contributed by atoms with Crippen LogP contribution in [-0.4, -0.2) is 61.0 Å². The van der Waals surface area contributed by atoms with Gasteiger partial charge in [-0.1, -0.05) is 36.4 Å². The van der Waals surface area contributed by atoms with E-state index in [0.29, 0.717) is 11.4 Å². The molecule has 0 fully saturated rings. The first-order valence-corrected chi connectivity index (χ1v) is 16.9. The summed E-state index contributed by atoms with van der Waals surface area (Å²) in [5.41, 5.74) is 1.35. The van der Waals surface area contributed by atoms with E-state index in [4.69, 9.17) is 0 Å². The van der Waals surface area contributed by atoms with Gasteiger partial charge in [0.15, 0.2) is 6.04 Å². The van der Waals surface area contributed by atoms with Crippen LogP contribution in [0.2, 0.25) is 0 Å². The standard InChI is InChI=1S/C36H28N6O8S/c1-21-29(36(48)42(39-21)26-11-7-4-8-12-26)32(44)34(46)37-23-13-17-27(18-14-23)51(49,50)28-19-15-24(16-20-28)38-35(47)33(45)30-31(43)22(2)40-41(30)25-9-5-3-6-10-25/h3-20,29-30H,1-2H3,(H,37,46)(H,38,47)/t29-,30-/m0/s1. The number of sulfone groups is 1. The van der Waals surface area contributed by atoms with Gasteiger partial charge in [-0.3, -0.25) is 28.8 Å². The SMILES string of the molecule is CC1=NN(c2ccccc2)[C@H](C(=O)C(=O)Nc2ccc(S(=O)(=O)c3ccc(NC(=O)C(=O)[C@H]4C(=O)N(c5ccccc5)N=C4C)cc3)cc2)C1=O. The minimum absolute atomic E-state index is 0.0738. The van der Waals surface area contributed by atoms with Crippen molar-refractivity contribution in [3.63, 3.8) is 0 Å². The molecule has 0 saturated heterocycles. The summed E-state index contributed by atoms with van der Waals surface area (Å²) >= 11 is 0. The Bertz CT molecular complexity index is 2260. The highest BCUT2D eigenvalue weighted by Crippen LogP contribution is 2.27. The first kappa shape index (κ1) is 34.3. The van der Waals surface area contributed by atoms with Crippen molar-refractivity contribution in [2.45, 2.75) is 29.7 Å². The van der Waals surface area contributed by atoms with E-state index >= 15 is 0 Å². The molecule has 2 N–H and O–H groups in total. The molecular weight excluding hydrogens is 676 g/mol.